The Morgan fingerprint density at radius 2 is 1.64 bits per heavy atom. The van der Waals surface area contributed by atoms with Gasteiger partial charge in [0.1, 0.15) is 5.75 Å². The molecule has 4 aromatic rings. The Hall–Kier alpha value is -6.03. The van der Waals surface area contributed by atoms with Crippen molar-refractivity contribution < 1.29 is 38.1 Å². The van der Waals surface area contributed by atoms with Crippen molar-refractivity contribution in [3.8, 4) is 11.8 Å². The zero-order valence-electron chi connectivity index (χ0n) is 22.9. The van der Waals surface area contributed by atoms with E-state index in [1.165, 1.54) is 36.4 Å². The van der Waals surface area contributed by atoms with Gasteiger partial charge in [-0.15, -0.1) is 5.11 Å². The molecule has 16 heteroatoms. The summed E-state index contributed by atoms with van der Waals surface area (Å²) < 4.78 is 29.2. The number of sulfonamides is 1. The van der Waals surface area contributed by atoms with E-state index in [0.717, 1.165) is 18.2 Å². The molecule has 0 aromatic heterocycles. The molecule has 0 heterocycles. The fourth-order valence-electron chi connectivity index (χ4n) is 4.07. The van der Waals surface area contributed by atoms with Gasteiger partial charge in [-0.1, -0.05) is 30.7 Å². The van der Waals surface area contributed by atoms with Gasteiger partial charge in [-0.05, 0) is 42.5 Å². The number of hydrogen-bond acceptors (Lipinski definition) is 9. The Labute approximate surface area is 259 Å². The predicted octanol–water partition coefficient (Wildman–Crippen LogP) is 6.58. The number of anilines is 2. The van der Waals surface area contributed by atoms with E-state index < -0.39 is 49.6 Å². The number of nitrogens with one attached hydrogen (secondary N) is 2. The summed E-state index contributed by atoms with van der Waals surface area (Å²) >= 11 is 6.24. The summed E-state index contributed by atoms with van der Waals surface area (Å²) in [6, 6.07) is 11.9. The molecule has 1 amide bonds. The van der Waals surface area contributed by atoms with Crippen LogP contribution in [0.2, 0.25) is 5.02 Å². The van der Waals surface area contributed by atoms with Crippen LogP contribution >= 0.6 is 11.6 Å². The second-order valence-corrected chi connectivity index (χ2v) is 11.2. The highest BCUT2D eigenvalue weighted by Gasteiger charge is 2.23. The van der Waals surface area contributed by atoms with E-state index in [1.54, 1.807) is 6.92 Å². The number of benzene rings is 4. The molecule has 0 saturated carbocycles. The molecule has 4 rings (SSSR count). The first-order valence-electron chi connectivity index (χ1n) is 12.6. The molecule has 0 aliphatic carbocycles. The second-order valence-electron chi connectivity index (χ2n) is 9.13. The van der Waals surface area contributed by atoms with Gasteiger partial charge in [0.25, 0.3) is 10.0 Å². The van der Waals surface area contributed by atoms with Crippen LogP contribution in [-0.4, -0.2) is 41.6 Å². The third-order valence-electron chi connectivity index (χ3n) is 6.23. The van der Waals surface area contributed by atoms with E-state index in [0.29, 0.717) is 0 Å². The van der Waals surface area contributed by atoms with Crippen molar-refractivity contribution in [3.63, 3.8) is 0 Å². The summed E-state index contributed by atoms with van der Waals surface area (Å²) in [6.45, 7) is 8.89. The van der Waals surface area contributed by atoms with Gasteiger partial charge in [-0.25, -0.2) is 22.9 Å². The summed E-state index contributed by atoms with van der Waals surface area (Å²) in [5.74, 6) is -4.03. The van der Waals surface area contributed by atoms with Gasteiger partial charge in [0.15, 0.2) is 0 Å². The van der Waals surface area contributed by atoms with Crippen molar-refractivity contribution in [1.29, 1.82) is 5.26 Å². The van der Waals surface area contributed by atoms with Gasteiger partial charge in [-0.3, -0.25) is 9.52 Å². The van der Waals surface area contributed by atoms with Crippen LogP contribution in [0.1, 0.15) is 39.6 Å². The number of carboxylic acid groups (broad SMARTS) is 2. The first-order chi connectivity index (χ1) is 21.3. The van der Waals surface area contributed by atoms with Crippen LogP contribution in [0, 0.1) is 17.9 Å². The summed E-state index contributed by atoms with van der Waals surface area (Å²) in [5, 5.41) is 49.8. The lowest BCUT2D eigenvalue weighted by Gasteiger charge is -2.16. The quantitative estimate of drug-likeness (QED) is 0.0750. The molecule has 0 spiro atoms. The normalized spacial score (nSPS) is 11.1. The maximum absolute atomic E-state index is 13.5. The zero-order chi connectivity index (χ0) is 33.1. The smallest absolute Gasteiger partial charge is 0.335 e. The summed E-state index contributed by atoms with van der Waals surface area (Å²) in [5.41, 5.74) is -1.62. The molecular weight excluding hydrogens is 628 g/mol. The lowest BCUT2D eigenvalue weighted by atomic mass is 10.0. The fourth-order valence-corrected chi connectivity index (χ4v) is 5.41. The minimum atomic E-state index is -4.66. The number of azo groups is 1. The van der Waals surface area contributed by atoms with Crippen molar-refractivity contribution >= 4 is 78.7 Å². The van der Waals surface area contributed by atoms with Gasteiger partial charge in [0.2, 0.25) is 11.6 Å². The molecule has 0 fully saturated rings. The van der Waals surface area contributed by atoms with E-state index in [2.05, 4.69) is 25.1 Å². The van der Waals surface area contributed by atoms with Gasteiger partial charge in [0, 0.05) is 17.2 Å². The van der Waals surface area contributed by atoms with Crippen LogP contribution in [0.25, 0.3) is 15.6 Å². The number of halogens is 1. The Bertz CT molecular complexity index is 2120. The van der Waals surface area contributed by atoms with Crippen molar-refractivity contribution in [1.82, 2.24) is 0 Å². The predicted molar refractivity (Wildman–Crippen MR) is 162 cm³/mol. The average molecular weight is 647 g/mol. The number of carbonyl (C=O) groups excluding carboxylic acids is 1. The first-order valence-corrected chi connectivity index (χ1v) is 14.4. The van der Waals surface area contributed by atoms with Gasteiger partial charge >= 0.3 is 11.9 Å². The number of phenols is 1. The largest absolute Gasteiger partial charge is 0.505 e. The van der Waals surface area contributed by atoms with Crippen LogP contribution in [-0.2, 0) is 14.8 Å². The van der Waals surface area contributed by atoms with Crippen molar-refractivity contribution in [2.24, 2.45) is 10.2 Å². The second kappa shape index (κ2) is 12.7. The number of hydrogen-bond donors (Lipinski definition) is 5. The zero-order valence-corrected chi connectivity index (χ0v) is 24.4. The minimum Gasteiger partial charge on any atom is -0.505 e. The third-order valence-corrected chi connectivity index (χ3v) is 7.88. The summed E-state index contributed by atoms with van der Waals surface area (Å²) in [6.07, 6.45) is 0.0577. The molecule has 5 N–H and O–H groups in total. The molecule has 0 bridgehead atoms. The Morgan fingerprint density at radius 3 is 2.22 bits per heavy atom. The minimum absolute atomic E-state index is 0.00307. The number of carbonyl (C=O) groups is 3. The number of amides is 1. The number of nitriles is 1. The van der Waals surface area contributed by atoms with Crippen molar-refractivity contribution in [3.05, 3.63) is 87.7 Å². The van der Waals surface area contributed by atoms with E-state index in [-0.39, 0.29) is 56.2 Å². The van der Waals surface area contributed by atoms with Gasteiger partial charge < -0.3 is 20.6 Å². The number of nitrogens with zero attached hydrogens (tertiary/aromatic N) is 4. The van der Waals surface area contributed by atoms with Crippen LogP contribution in [0.3, 0.4) is 0 Å². The number of aromatic carboxylic acids is 2. The number of aromatic hydroxyl groups is 1. The Balaban J connectivity index is 1.95. The van der Waals surface area contributed by atoms with E-state index in [4.69, 9.17) is 18.2 Å². The van der Waals surface area contributed by atoms with Crippen LogP contribution in [0.15, 0.2) is 69.7 Å². The van der Waals surface area contributed by atoms with Crippen molar-refractivity contribution in [2.45, 2.75) is 18.2 Å². The maximum atomic E-state index is 13.5. The number of fused-ring (bicyclic) bond motifs is 1. The standard InChI is InChI=1S/C29H19ClN6O8S/c1-3-25(37)33-24-12-23(35-34-22-11-21(32-2)16(13-31)10-19(22)30)26-18(27(24)38)5-4-6-20(26)36-45(43,44)17-8-14(28(39)40)7-15(9-17)29(41)42/h4-12,36,38H,3H2,1H3,(H,33,37)(H,39,40)(H,41,42). The average Bonchev–Trinajstić information content (AvgIpc) is 3.01. The van der Waals surface area contributed by atoms with Crippen LogP contribution in [0.5, 0.6) is 5.75 Å². The third kappa shape index (κ3) is 6.65. The molecule has 0 aliphatic heterocycles. The molecule has 226 valence electrons. The molecule has 0 unspecified atom stereocenters. The van der Waals surface area contributed by atoms with Gasteiger partial charge in [-0.2, -0.15) is 10.4 Å². The molecule has 45 heavy (non-hydrogen) atoms. The number of carboxylic acids is 2. The molecule has 0 radical (unpaired) electrons. The van der Waals surface area contributed by atoms with Crippen molar-refractivity contribution in [2.75, 3.05) is 10.0 Å². The molecule has 4 aromatic carbocycles. The van der Waals surface area contributed by atoms with E-state index in [1.807, 2.05) is 6.07 Å². The maximum Gasteiger partial charge on any atom is 0.335 e. The van der Waals surface area contributed by atoms with E-state index >= 15 is 0 Å². The number of rotatable bonds is 9. The molecule has 0 aliphatic rings. The monoisotopic (exact) mass is 646 g/mol. The SMILES string of the molecule is [C-]#[N+]c1cc(N=Nc2cc(NC(=O)CC)c(O)c3cccc(NS(=O)(=O)c4cc(C(=O)O)cc(C(=O)O)c4)c23)c(Cl)cc1C#N. The Kier molecular flexibility index (Phi) is 8.99. The lowest BCUT2D eigenvalue weighted by Crippen LogP contribution is -2.15. The molecular formula is C29H19ClN6O8S. The van der Waals surface area contributed by atoms with Crippen LogP contribution < -0.4 is 10.0 Å². The lowest BCUT2D eigenvalue weighted by molar-refractivity contribution is -0.115. The molecule has 0 atom stereocenters. The summed E-state index contributed by atoms with van der Waals surface area (Å²) in [4.78, 5) is 37.9. The highest BCUT2D eigenvalue weighted by Crippen LogP contribution is 2.44. The Morgan fingerprint density at radius 1 is 1.00 bits per heavy atom. The van der Waals surface area contributed by atoms with Gasteiger partial charge in [0.05, 0.1) is 62.0 Å². The fraction of sp³-hybridized carbons (Fsp3) is 0.0690. The first kappa shape index (κ1) is 31.9. The van der Waals surface area contributed by atoms with Crippen LogP contribution in [0.4, 0.5) is 28.4 Å². The highest BCUT2D eigenvalue weighted by molar-refractivity contribution is 7.92. The molecule has 14 nitrogen and oxygen atoms in total. The topological polar surface area (TPSA) is 223 Å². The highest BCUT2D eigenvalue weighted by atomic mass is 35.5. The van der Waals surface area contributed by atoms with E-state index in [9.17, 15) is 43.4 Å². The summed E-state index contributed by atoms with van der Waals surface area (Å²) in [7, 11) is -4.66. The molecule has 0 saturated heterocycles. The number of phenolic OH excluding ortho intramolecular Hbond substituents is 1.